The van der Waals surface area contributed by atoms with Crippen molar-refractivity contribution in [3.05, 3.63) is 54.6 Å². The van der Waals surface area contributed by atoms with Gasteiger partial charge in [0.1, 0.15) is 11.4 Å². The molecule has 0 radical (unpaired) electrons. The first-order valence-corrected chi connectivity index (χ1v) is 9.54. The number of hydrogen-bond donors (Lipinski definition) is 2. The quantitative estimate of drug-likeness (QED) is 0.853. The van der Waals surface area contributed by atoms with Crippen molar-refractivity contribution in [2.75, 3.05) is 51.3 Å². The van der Waals surface area contributed by atoms with Gasteiger partial charge in [-0.05, 0) is 24.3 Å². The minimum Gasteiger partial charge on any atom is -0.455 e. The molecule has 2 aromatic carbocycles. The summed E-state index contributed by atoms with van der Waals surface area (Å²) in [5.74, 6) is 1.32. The van der Waals surface area contributed by atoms with Gasteiger partial charge in [0, 0.05) is 19.6 Å². The Morgan fingerprint density at radius 2 is 1.93 bits per heavy atom. The van der Waals surface area contributed by atoms with E-state index < -0.39 is 5.60 Å². The average Bonchev–Trinajstić information content (AvgIpc) is 2.95. The SMILES string of the molecule is O=C(Nc1ccccc1Oc1ccccc1)N1CCOC2(CNCCOC2)C1. The maximum atomic E-state index is 12.9. The highest BCUT2D eigenvalue weighted by molar-refractivity contribution is 5.91. The first-order chi connectivity index (χ1) is 13.7. The highest BCUT2D eigenvalue weighted by Crippen LogP contribution is 2.30. The summed E-state index contributed by atoms with van der Waals surface area (Å²) in [7, 11) is 0. The number of urea groups is 1. The molecule has 0 saturated carbocycles. The number of amides is 2. The Hall–Kier alpha value is -2.61. The van der Waals surface area contributed by atoms with Crippen molar-refractivity contribution in [3.8, 4) is 11.5 Å². The Morgan fingerprint density at radius 3 is 2.82 bits per heavy atom. The van der Waals surface area contributed by atoms with Crippen LogP contribution in [0.25, 0.3) is 0 Å². The van der Waals surface area contributed by atoms with Crippen LogP contribution in [0.3, 0.4) is 0 Å². The van der Waals surface area contributed by atoms with E-state index in [1.807, 2.05) is 54.6 Å². The van der Waals surface area contributed by atoms with Crippen LogP contribution in [0.4, 0.5) is 10.5 Å². The van der Waals surface area contributed by atoms with E-state index in [0.717, 1.165) is 12.3 Å². The normalized spacial score (nSPS) is 22.5. The zero-order valence-electron chi connectivity index (χ0n) is 15.7. The van der Waals surface area contributed by atoms with Gasteiger partial charge in [0.15, 0.2) is 5.75 Å². The van der Waals surface area contributed by atoms with E-state index in [0.29, 0.717) is 50.9 Å². The molecule has 2 saturated heterocycles. The van der Waals surface area contributed by atoms with Gasteiger partial charge in [-0.3, -0.25) is 0 Å². The van der Waals surface area contributed by atoms with Gasteiger partial charge >= 0.3 is 6.03 Å². The molecular weight excluding hydrogens is 358 g/mol. The molecule has 2 N–H and O–H groups in total. The molecule has 2 fully saturated rings. The van der Waals surface area contributed by atoms with Crippen LogP contribution in [-0.2, 0) is 9.47 Å². The first-order valence-electron chi connectivity index (χ1n) is 9.54. The Morgan fingerprint density at radius 1 is 1.11 bits per heavy atom. The molecule has 2 amide bonds. The molecule has 0 aliphatic carbocycles. The van der Waals surface area contributed by atoms with Gasteiger partial charge in [0.25, 0.3) is 0 Å². The highest BCUT2D eigenvalue weighted by atomic mass is 16.5. The predicted molar refractivity (Wildman–Crippen MR) is 106 cm³/mol. The van der Waals surface area contributed by atoms with Gasteiger partial charge in [-0.15, -0.1) is 0 Å². The number of anilines is 1. The molecule has 4 rings (SSSR count). The monoisotopic (exact) mass is 383 g/mol. The van der Waals surface area contributed by atoms with E-state index in [9.17, 15) is 4.79 Å². The number of para-hydroxylation sites is 3. The number of rotatable bonds is 3. The lowest BCUT2D eigenvalue weighted by Crippen LogP contribution is -2.60. The standard InChI is InChI=1S/C21H25N3O4/c25-20(24-11-13-27-21(15-24)14-22-10-12-26-16-21)23-18-8-4-5-9-19(18)28-17-6-2-1-3-7-17/h1-9,22H,10-16H2,(H,23,25). The van der Waals surface area contributed by atoms with Crippen LogP contribution >= 0.6 is 0 Å². The number of morpholine rings is 1. The van der Waals surface area contributed by atoms with Crippen molar-refractivity contribution < 1.29 is 19.0 Å². The highest BCUT2D eigenvalue weighted by Gasteiger charge is 2.39. The molecule has 0 aromatic heterocycles. The van der Waals surface area contributed by atoms with Crippen LogP contribution in [0, 0.1) is 0 Å². The summed E-state index contributed by atoms with van der Waals surface area (Å²) < 4.78 is 17.6. The molecule has 1 spiro atoms. The first kappa shape index (κ1) is 18.7. The van der Waals surface area contributed by atoms with Gasteiger partial charge < -0.3 is 29.7 Å². The lowest BCUT2D eigenvalue weighted by Gasteiger charge is -2.41. The van der Waals surface area contributed by atoms with Gasteiger partial charge in [0.05, 0.1) is 32.1 Å². The summed E-state index contributed by atoms with van der Waals surface area (Å²) in [6, 6.07) is 16.8. The second-order valence-corrected chi connectivity index (χ2v) is 7.02. The molecule has 28 heavy (non-hydrogen) atoms. The number of nitrogens with zero attached hydrogens (tertiary/aromatic N) is 1. The molecule has 2 aliphatic rings. The summed E-state index contributed by atoms with van der Waals surface area (Å²) >= 11 is 0. The third kappa shape index (κ3) is 4.44. The minimum atomic E-state index is -0.494. The van der Waals surface area contributed by atoms with Crippen LogP contribution in [-0.4, -0.2) is 62.5 Å². The van der Waals surface area contributed by atoms with E-state index in [2.05, 4.69) is 10.6 Å². The molecule has 0 bridgehead atoms. The van der Waals surface area contributed by atoms with Crippen molar-refractivity contribution in [2.45, 2.75) is 5.60 Å². The Balaban J connectivity index is 1.45. The van der Waals surface area contributed by atoms with Crippen molar-refractivity contribution in [3.63, 3.8) is 0 Å². The number of ether oxygens (including phenoxy) is 3. The van der Waals surface area contributed by atoms with Crippen LogP contribution in [0.5, 0.6) is 11.5 Å². The summed E-state index contributed by atoms with van der Waals surface area (Å²) in [5, 5.41) is 6.31. The molecule has 2 aliphatic heterocycles. The largest absolute Gasteiger partial charge is 0.455 e. The maximum absolute atomic E-state index is 12.9. The summed E-state index contributed by atoms with van der Waals surface area (Å²) in [6.45, 7) is 4.11. The zero-order valence-corrected chi connectivity index (χ0v) is 15.7. The average molecular weight is 383 g/mol. The van der Waals surface area contributed by atoms with Crippen LogP contribution < -0.4 is 15.4 Å². The summed E-state index contributed by atoms with van der Waals surface area (Å²) in [4.78, 5) is 14.7. The Kier molecular flexibility index (Phi) is 5.76. The van der Waals surface area contributed by atoms with Crippen molar-refractivity contribution in [2.24, 2.45) is 0 Å². The molecule has 7 heteroatoms. The van der Waals surface area contributed by atoms with Gasteiger partial charge in [-0.2, -0.15) is 0 Å². The van der Waals surface area contributed by atoms with Crippen LogP contribution in [0.15, 0.2) is 54.6 Å². The fourth-order valence-corrected chi connectivity index (χ4v) is 3.45. The van der Waals surface area contributed by atoms with Crippen LogP contribution in [0.1, 0.15) is 0 Å². The zero-order chi connectivity index (χ0) is 19.2. The molecule has 148 valence electrons. The number of benzene rings is 2. The molecular formula is C21H25N3O4. The fourth-order valence-electron chi connectivity index (χ4n) is 3.45. The Labute approximate surface area is 164 Å². The second kappa shape index (κ2) is 8.60. The number of nitrogens with one attached hydrogen (secondary N) is 2. The second-order valence-electron chi connectivity index (χ2n) is 7.02. The third-order valence-electron chi connectivity index (χ3n) is 4.87. The number of hydrogen-bond acceptors (Lipinski definition) is 5. The van der Waals surface area contributed by atoms with Crippen molar-refractivity contribution >= 4 is 11.7 Å². The molecule has 7 nitrogen and oxygen atoms in total. The fraction of sp³-hybridized carbons (Fsp3) is 0.381. The van der Waals surface area contributed by atoms with Gasteiger partial charge in [-0.25, -0.2) is 4.79 Å². The Bertz CT molecular complexity index is 791. The number of carbonyl (C=O) groups is 1. The maximum Gasteiger partial charge on any atom is 0.322 e. The topological polar surface area (TPSA) is 72.1 Å². The molecule has 1 unspecified atom stereocenters. The smallest absolute Gasteiger partial charge is 0.322 e. The lowest BCUT2D eigenvalue weighted by molar-refractivity contribution is -0.123. The minimum absolute atomic E-state index is 0.170. The van der Waals surface area contributed by atoms with E-state index in [1.54, 1.807) is 4.90 Å². The summed E-state index contributed by atoms with van der Waals surface area (Å²) in [5.41, 5.74) is 0.138. The lowest BCUT2D eigenvalue weighted by atomic mass is 10.0. The van der Waals surface area contributed by atoms with E-state index >= 15 is 0 Å². The van der Waals surface area contributed by atoms with E-state index in [4.69, 9.17) is 14.2 Å². The third-order valence-corrected chi connectivity index (χ3v) is 4.87. The predicted octanol–water partition coefficient (Wildman–Crippen LogP) is 2.70. The number of carbonyl (C=O) groups excluding carboxylic acids is 1. The molecule has 1 atom stereocenters. The van der Waals surface area contributed by atoms with Crippen LogP contribution in [0.2, 0.25) is 0 Å². The van der Waals surface area contributed by atoms with Crippen molar-refractivity contribution in [1.29, 1.82) is 0 Å². The molecule has 2 aromatic rings. The van der Waals surface area contributed by atoms with E-state index in [-0.39, 0.29) is 6.03 Å². The van der Waals surface area contributed by atoms with E-state index in [1.165, 1.54) is 0 Å². The van der Waals surface area contributed by atoms with Gasteiger partial charge in [-0.1, -0.05) is 30.3 Å². The molecule has 2 heterocycles. The van der Waals surface area contributed by atoms with Crippen molar-refractivity contribution in [1.82, 2.24) is 10.2 Å². The summed E-state index contributed by atoms with van der Waals surface area (Å²) in [6.07, 6.45) is 0. The van der Waals surface area contributed by atoms with Gasteiger partial charge in [0.2, 0.25) is 0 Å².